The summed E-state index contributed by atoms with van der Waals surface area (Å²) in [4.78, 5) is 0. The molecule has 1 unspecified atom stereocenters. The molecule has 0 saturated carbocycles. The third-order valence-electron chi connectivity index (χ3n) is 11.9. The largest absolute Gasteiger partial charge is 0.366 e. The third-order valence-corrected chi connectivity index (χ3v) is 11.9. The van der Waals surface area contributed by atoms with Crippen LogP contribution in [-0.4, -0.2) is 0 Å². The van der Waals surface area contributed by atoms with Crippen LogP contribution in [-0.2, 0) is 11.8 Å². The summed E-state index contributed by atoms with van der Waals surface area (Å²) in [5, 5.41) is 13.9. The van der Waals surface area contributed by atoms with E-state index < -0.39 is 0 Å². The molecular weight excluding hydrogens is 665 g/mol. The van der Waals surface area contributed by atoms with E-state index >= 15 is 0 Å². The fraction of sp³-hybridized carbons (Fsp3) is 0.0943. The maximum absolute atomic E-state index is 6.94. The quantitative estimate of drug-likeness (QED) is 0.0984. The molecule has 0 amide bonds. The highest BCUT2D eigenvalue weighted by Gasteiger charge is 2.37. The molecule has 1 aliphatic carbocycles. The minimum atomic E-state index is -0.383. The number of nitrogens with one attached hydrogen (secondary N) is 1. The molecule has 1 aliphatic rings. The first kappa shape index (κ1) is 33.1. The van der Waals surface area contributed by atoms with Gasteiger partial charge in [-0.1, -0.05) is 172 Å². The molecule has 0 radical (unpaired) electrons. The van der Waals surface area contributed by atoms with Crippen molar-refractivity contribution in [2.45, 2.75) is 31.8 Å². The Labute approximate surface area is 322 Å². The summed E-state index contributed by atoms with van der Waals surface area (Å²) >= 11 is 0. The summed E-state index contributed by atoms with van der Waals surface area (Å²) in [7, 11) is 0. The zero-order valence-electron chi connectivity index (χ0n) is 31.2. The number of hydrogen-bond acceptors (Lipinski definition) is 2. The number of allylic oxidation sites excluding steroid dienone is 1. The van der Waals surface area contributed by atoms with Crippen LogP contribution in [0.15, 0.2) is 182 Å². The zero-order chi connectivity index (χ0) is 37.1. The van der Waals surface area contributed by atoms with Gasteiger partial charge in [-0.15, -0.1) is 0 Å². The van der Waals surface area contributed by atoms with Crippen LogP contribution in [0.5, 0.6) is 0 Å². The van der Waals surface area contributed by atoms with E-state index in [4.69, 9.17) is 5.73 Å². The Morgan fingerprint density at radius 1 is 0.545 bits per heavy atom. The van der Waals surface area contributed by atoms with Gasteiger partial charge in [-0.3, -0.25) is 0 Å². The number of hydrogen-bond donors (Lipinski definition) is 2. The van der Waals surface area contributed by atoms with Gasteiger partial charge in [0.2, 0.25) is 0 Å². The lowest BCUT2D eigenvalue weighted by Gasteiger charge is -2.22. The van der Waals surface area contributed by atoms with Crippen molar-refractivity contribution in [3.63, 3.8) is 0 Å². The van der Waals surface area contributed by atoms with E-state index in [9.17, 15) is 0 Å². The molecule has 0 aromatic heterocycles. The van der Waals surface area contributed by atoms with Crippen LogP contribution in [0.2, 0.25) is 0 Å². The Kier molecular flexibility index (Phi) is 7.90. The van der Waals surface area contributed by atoms with Gasteiger partial charge in [0.25, 0.3) is 0 Å². The molecule has 9 aromatic rings. The van der Waals surface area contributed by atoms with E-state index in [1.165, 1.54) is 82.0 Å². The second-order valence-electron chi connectivity index (χ2n) is 15.5. The van der Waals surface area contributed by atoms with Gasteiger partial charge in [-0.25, -0.2) is 0 Å². The van der Waals surface area contributed by atoms with Crippen molar-refractivity contribution in [1.82, 2.24) is 5.32 Å². The third kappa shape index (κ3) is 5.61. The second-order valence-corrected chi connectivity index (χ2v) is 15.5. The lowest BCUT2D eigenvalue weighted by Crippen LogP contribution is -2.27. The van der Waals surface area contributed by atoms with Crippen molar-refractivity contribution in [1.29, 1.82) is 0 Å². The Morgan fingerprint density at radius 3 is 2.05 bits per heavy atom. The average Bonchev–Trinajstić information content (AvgIpc) is 3.46. The van der Waals surface area contributed by atoms with Gasteiger partial charge in [0, 0.05) is 11.1 Å². The predicted molar refractivity (Wildman–Crippen MR) is 234 cm³/mol. The molecule has 10 rings (SSSR count). The van der Waals surface area contributed by atoms with Gasteiger partial charge >= 0.3 is 0 Å². The highest BCUT2D eigenvalue weighted by molar-refractivity contribution is 6.14. The van der Waals surface area contributed by atoms with E-state index in [2.05, 4.69) is 183 Å². The summed E-state index contributed by atoms with van der Waals surface area (Å²) in [6.07, 6.45) is 2.70. The minimum Gasteiger partial charge on any atom is -0.366 e. The second kappa shape index (κ2) is 13.1. The van der Waals surface area contributed by atoms with E-state index in [-0.39, 0.29) is 11.6 Å². The summed E-state index contributed by atoms with van der Waals surface area (Å²) in [5.74, 6) is 0. The molecule has 0 heterocycles. The summed E-state index contributed by atoms with van der Waals surface area (Å²) < 4.78 is 0. The van der Waals surface area contributed by atoms with Gasteiger partial charge in [0.1, 0.15) is 6.17 Å². The molecule has 3 N–H and O–H groups in total. The van der Waals surface area contributed by atoms with Crippen LogP contribution in [0.4, 0.5) is 0 Å². The van der Waals surface area contributed by atoms with Crippen LogP contribution >= 0.6 is 0 Å². The maximum Gasteiger partial charge on any atom is 0.101 e. The van der Waals surface area contributed by atoms with E-state index in [1.807, 2.05) is 18.2 Å². The normalized spacial score (nSPS) is 14.0. The van der Waals surface area contributed by atoms with Crippen molar-refractivity contribution in [2.24, 2.45) is 5.73 Å². The van der Waals surface area contributed by atoms with Crippen molar-refractivity contribution in [3.8, 4) is 22.3 Å². The maximum atomic E-state index is 6.94. The van der Waals surface area contributed by atoms with Crippen LogP contribution < -0.4 is 11.1 Å². The van der Waals surface area contributed by atoms with Crippen molar-refractivity contribution in [2.75, 3.05) is 0 Å². The van der Waals surface area contributed by atoms with Gasteiger partial charge in [-0.2, -0.15) is 0 Å². The number of rotatable bonds is 7. The Bertz CT molecular complexity index is 2970. The first-order valence-corrected chi connectivity index (χ1v) is 19.3. The molecule has 0 saturated heterocycles. The molecular formula is C53H42N2. The topological polar surface area (TPSA) is 38.0 Å². The zero-order valence-corrected chi connectivity index (χ0v) is 31.2. The molecule has 0 fully saturated rings. The molecule has 55 heavy (non-hydrogen) atoms. The molecule has 2 nitrogen and oxygen atoms in total. The fourth-order valence-electron chi connectivity index (χ4n) is 9.08. The molecule has 2 heteroatoms. The minimum absolute atomic E-state index is 0.107. The molecule has 0 aliphatic heterocycles. The van der Waals surface area contributed by atoms with Crippen LogP contribution in [0.25, 0.3) is 71.0 Å². The van der Waals surface area contributed by atoms with Crippen LogP contribution in [0, 0.1) is 0 Å². The lowest BCUT2D eigenvalue weighted by molar-refractivity contribution is 0.661. The highest BCUT2D eigenvalue weighted by Crippen LogP contribution is 2.53. The van der Waals surface area contributed by atoms with Crippen LogP contribution in [0.1, 0.15) is 47.8 Å². The molecule has 264 valence electrons. The first-order chi connectivity index (χ1) is 26.9. The van der Waals surface area contributed by atoms with E-state index in [1.54, 1.807) is 0 Å². The standard InChI is InChI=1S/C53H42N2/c1-53(2)48-25-13-24-43(51(48)47-31-36-17-6-7-18-37(36)33-49(47)53)38-20-12-21-40(30-38)50(55-52(54)35-15-4-3-5-16-35)29-28-44-42-23-11-9-19-39(42)32-46-41-22-10-8-14-34(41)26-27-45(44)46/h3-27,29-33,52,55H,28,54H2,1-2H3/b50-29-. The Hall–Kier alpha value is -6.48. The Balaban J connectivity index is 1.13. The van der Waals surface area contributed by atoms with Gasteiger partial charge < -0.3 is 11.1 Å². The predicted octanol–water partition coefficient (Wildman–Crippen LogP) is 13.1. The van der Waals surface area contributed by atoms with Crippen molar-refractivity contribution in [3.05, 3.63) is 210 Å². The van der Waals surface area contributed by atoms with Crippen molar-refractivity contribution < 1.29 is 0 Å². The number of benzene rings is 9. The number of nitrogens with two attached hydrogens (primary N) is 1. The van der Waals surface area contributed by atoms with Gasteiger partial charge in [0.15, 0.2) is 0 Å². The molecule has 0 bridgehead atoms. The molecule has 1 atom stereocenters. The number of fused-ring (bicyclic) bond motifs is 8. The van der Waals surface area contributed by atoms with Gasteiger partial charge in [0.05, 0.1) is 0 Å². The SMILES string of the molecule is CC1(C)c2cc3ccccc3cc2-c2c(-c3cccc(/C(=C/Cc4c5ccccc5cc5c4ccc4ccccc45)NC(N)c4ccccc4)c3)cccc21. The Morgan fingerprint density at radius 2 is 1.24 bits per heavy atom. The molecule has 0 spiro atoms. The summed E-state index contributed by atoms with van der Waals surface area (Å²) in [6, 6.07) is 64.0. The highest BCUT2D eigenvalue weighted by atomic mass is 15.0. The summed E-state index contributed by atoms with van der Waals surface area (Å²) in [5.41, 5.74) is 19.2. The summed E-state index contributed by atoms with van der Waals surface area (Å²) in [6.45, 7) is 4.73. The lowest BCUT2D eigenvalue weighted by atomic mass is 9.81. The van der Waals surface area contributed by atoms with Crippen LogP contribution in [0.3, 0.4) is 0 Å². The monoisotopic (exact) mass is 706 g/mol. The average molecular weight is 707 g/mol. The van der Waals surface area contributed by atoms with E-state index in [0.717, 1.165) is 23.2 Å². The van der Waals surface area contributed by atoms with Gasteiger partial charge in [-0.05, 0) is 124 Å². The van der Waals surface area contributed by atoms with E-state index in [0.29, 0.717) is 0 Å². The smallest absolute Gasteiger partial charge is 0.101 e. The van der Waals surface area contributed by atoms with Crippen molar-refractivity contribution >= 4 is 48.8 Å². The fourth-order valence-corrected chi connectivity index (χ4v) is 9.08. The molecule has 9 aromatic carbocycles. The first-order valence-electron chi connectivity index (χ1n) is 19.3.